The molecule has 1 aliphatic rings. The lowest BCUT2D eigenvalue weighted by atomic mass is 10.00. The number of piperidine rings is 1. The molecule has 7 nitrogen and oxygen atoms in total. The Kier molecular flexibility index (Phi) is 10.0. The predicted molar refractivity (Wildman–Crippen MR) is 156 cm³/mol. The van der Waals surface area contributed by atoms with E-state index in [9.17, 15) is 22.8 Å². The third kappa shape index (κ3) is 7.76. The number of rotatable bonds is 10. The van der Waals surface area contributed by atoms with Crippen LogP contribution in [0.3, 0.4) is 0 Å². The Morgan fingerprint density at radius 3 is 2.31 bits per heavy atom. The summed E-state index contributed by atoms with van der Waals surface area (Å²) >= 11 is 0. The average Bonchev–Trinajstić information content (AvgIpc) is 2.99. The van der Waals surface area contributed by atoms with E-state index in [1.807, 2.05) is 48.3 Å². The molecule has 1 saturated heterocycles. The number of amides is 1. The topological polar surface area (TPSA) is 66.0 Å². The lowest BCUT2D eigenvalue weighted by Gasteiger charge is -2.40. The van der Waals surface area contributed by atoms with Crippen LogP contribution in [0, 0.1) is 0 Å². The number of ether oxygens (including phenoxy) is 1. The highest BCUT2D eigenvalue weighted by atomic mass is 19.4. The van der Waals surface area contributed by atoms with Gasteiger partial charge in [0, 0.05) is 62.5 Å². The zero-order valence-electron chi connectivity index (χ0n) is 23.9. The molecule has 0 radical (unpaired) electrons. The zero-order valence-corrected chi connectivity index (χ0v) is 23.9. The van der Waals surface area contributed by atoms with Gasteiger partial charge in [0.1, 0.15) is 0 Å². The number of nitrogens with zero attached hydrogens (tertiary/aromatic N) is 4. The van der Waals surface area contributed by atoms with Crippen LogP contribution in [0.4, 0.5) is 24.5 Å². The normalized spacial score (nSPS) is 15.0. The molecule has 2 aromatic carbocycles. The molecule has 0 N–H and O–H groups in total. The average molecular weight is 581 g/mol. The number of halogens is 3. The van der Waals surface area contributed by atoms with E-state index in [0.717, 1.165) is 55.0 Å². The lowest BCUT2D eigenvalue weighted by molar-refractivity contribution is -0.139. The number of likely N-dealkylation sites (tertiary alicyclic amines) is 1. The van der Waals surface area contributed by atoms with Gasteiger partial charge < -0.3 is 19.4 Å². The minimum Gasteiger partial charge on any atom is -0.423 e. The molecule has 0 saturated carbocycles. The highest BCUT2D eigenvalue weighted by molar-refractivity contribution is 5.97. The smallest absolute Gasteiger partial charge is 0.416 e. The standard InChI is InChI=1S/C32H35F3N4O3/c1-23(2)38-17-13-28(14-18-38)39(21-25-5-4-6-29(19-25)37(3)27-11-15-36-16-12-27)31(41)30(42-22-40)20-24-7-9-26(10-8-24)32(33,34)35/h4-12,15-16,19-20,22-23,28H,13-14,17-18,21H2,1-3H3/b30-20+. The number of carbonyl (C=O) groups is 2. The SMILES string of the molecule is CC(C)N1CCC(N(Cc2cccc(N(C)c3ccncc3)c2)C(=O)/C(=C\c2ccc(C(F)(F)F)cc2)OC=O)CC1. The molecular weight excluding hydrogens is 545 g/mol. The maximum atomic E-state index is 14.0. The molecule has 1 fully saturated rings. The van der Waals surface area contributed by atoms with E-state index in [0.29, 0.717) is 11.6 Å². The van der Waals surface area contributed by atoms with Crippen LogP contribution in [0.25, 0.3) is 6.08 Å². The van der Waals surface area contributed by atoms with Crippen LogP contribution in [-0.4, -0.2) is 59.4 Å². The number of hydrogen-bond acceptors (Lipinski definition) is 6. The first kappa shape index (κ1) is 30.8. The molecule has 0 unspecified atom stereocenters. The molecule has 0 spiro atoms. The third-order valence-corrected chi connectivity index (χ3v) is 7.55. The minimum atomic E-state index is -4.48. The predicted octanol–water partition coefficient (Wildman–Crippen LogP) is 6.28. The molecular formula is C32H35F3N4O3. The van der Waals surface area contributed by atoms with Gasteiger partial charge in [-0.05, 0) is 80.3 Å². The van der Waals surface area contributed by atoms with Crippen molar-refractivity contribution in [2.24, 2.45) is 0 Å². The van der Waals surface area contributed by atoms with E-state index < -0.39 is 17.6 Å². The lowest BCUT2D eigenvalue weighted by Crippen LogP contribution is -2.49. The summed E-state index contributed by atoms with van der Waals surface area (Å²) in [4.78, 5) is 35.6. The van der Waals surface area contributed by atoms with Crippen LogP contribution < -0.4 is 4.90 Å². The summed E-state index contributed by atoms with van der Waals surface area (Å²) in [5.74, 6) is -0.751. The Bertz CT molecular complexity index is 1370. The van der Waals surface area contributed by atoms with Crippen LogP contribution in [0.15, 0.2) is 78.8 Å². The van der Waals surface area contributed by atoms with Crippen LogP contribution in [-0.2, 0) is 27.0 Å². The number of hydrogen-bond donors (Lipinski definition) is 0. The number of anilines is 2. The quantitative estimate of drug-likeness (QED) is 0.160. The molecule has 1 aliphatic heterocycles. The molecule has 0 bridgehead atoms. The van der Waals surface area contributed by atoms with Gasteiger partial charge in [-0.25, -0.2) is 0 Å². The third-order valence-electron chi connectivity index (χ3n) is 7.55. The molecule has 2 heterocycles. The van der Waals surface area contributed by atoms with Gasteiger partial charge in [0.25, 0.3) is 12.4 Å². The number of benzene rings is 2. The Hall–Kier alpha value is -4.18. The van der Waals surface area contributed by atoms with E-state index >= 15 is 0 Å². The highest BCUT2D eigenvalue weighted by Gasteiger charge is 2.32. The summed E-state index contributed by atoms with van der Waals surface area (Å²) < 4.78 is 44.3. The first-order valence-electron chi connectivity index (χ1n) is 13.8. The highest BCUT2D eigenvalue weighted by Crippen LogP contribution is 2.30. The first-order valence-corrected chi connectivity index (χ1v) is 13.8. The van der Waals surface area contributed by atoms with E-state index in [2.05, 4.69) is 23.7 Å². The van der Waals surface area contributed by atoms with E-state index in [1.165, 1.54) is 18.2 Å². The molecule has 1 aromatic heterocycles. The Labute approximate surface area is 244 Å². The van der Waals surface area contributed by atoms with Crippen molar-refractivity contribution in [3.05, 3.63) is 95.5 Å². The van der Waals surface area contributed by atoms with Crippen molar-refractivity contribution in [2.45, 2.75) is 51.5 Å². The summed E-state index contributed by atoms with van der Waals surface area (Å²) in [5, 5.41) is 0. The number of aromatic nitrogens is 1. The second kappa shape index (κ2) is 13.7. The minimum absolute atomic E-state index is 0.125. The van der Waals surface area contributed by atoms with E-state index in [4.69, 9.17) is 4.74 Å². The van der Waals surface area contributed by atoms with Crippen molar-refractivity contribution < 1.29 is 27.5 Å². The molecule has 10 heteroatoms. The van der Waals surface area contributed by atoms with Crippen LogP contribution in [0.2, 0.25) is 0 Å². The maximum absolute atomic E-state index is 14.0. The van der Waals surface area contributed by atoms with Gasteiger partial charge in [-0.15, -0.1) is 0 Å². The number of alkyl halides is 3. The maximum Gasteiger partial charge on any atom is 0.416 e. The van der Waals surface area contributed by atoms with Crippen molar-refractivity contribution in [1.82, 2.24) is 14.8 Å². The summed E-state index contributed by atoms with van der Waals surface area (Å²) in [5.41, 5.74) is 2.26. The summed E-state index contributed by atoms with van der Waals surface area (Å²) in [6.07, 6.45) is 1.72. The molecule has 0 atom stereocenters. The molecule has 4 rings (SSSR count). The fourth-order valence-electron chi connectivity index (χ4n) is 5.12. The van der Waals surface area contributed by atoms with Crippen molar-refractivity contribution in [3.63, 3.8) is 0 Å². The van der Waals surface area contributed by atoms with Gasteiger partial charge in [-0.1, -0.05) is 24.3 Å². The molecule has 1 amide bonds. The fraction of sp³-hybridized carbons (Fsp3) is 0.344. The van der Waals surface area contributed by atoms with Gasteiger partial charge in [-0.2, -0.15) is 13.2 Å². The molecule has 0 aliphatic carbocycles. The Morgan fingerprint density at radius 1 is 1.05 bits per heavy atom. The summed E-state index contributed by atoms with van der Waals surface area (Å²) in [7, 11) is 1.95. The summed E-state index contributed by atoms with van der Waals surface area (Å²) in [6, 6.07) is 16.2. The van der Waals surface area contributed by atoms with Crippen molar-refractivity contribution >= 4 is 29.8 Å². The summed E-state index contributed by atoms with van der Waals surface area (Å²) in [6.45, 7) is 6.31. The molecule has 3 aromatic rings. The molecule has 222 valence electrons. The van der Waals surface area contributed by atoms with Crippen LogP contribution in [0.1, 0.15) is 43.4 Å². The van der Waals surface area contributed by atoms with E-state index in [1.54, 1.807) is 17.3 Å². The van der Waals surface area contributed by atoms with E-state index in [-0.39, 0.29) is 24.8 Å². The zero-order chi connectivity index (χ0) is 30.3. The number of carbonyl (C=O) groups excluding carboxylic acids is 2. The van der Waals surface area contributed by atoms with Crippen LogP contribution in [0.5, 0.6) is 0 Å². The van der Waals surface area contributed by atoms with Gasteiger partial charge >= 0.3 is 6.18 Å². The van der Waals surface area contributed by atoms with Crippen molar-refractivity contribution in [2.75, 3.05) is 25.0 Å². The largest absolute Gasteiger partial charge is 0.423 e. The fourth-order valence-corrected chi connectivity index (χ4v) is 5.12. The van der Waals surface area contributed by atoms with Crippen LogP contribution >= 0.6 is 0 Å². The Balaban J connectivity index is 1.64. The Morgan fingerprint density at radius 2 is 1.71 bits per heavy atom. The van der Waals surface area contributed by atoms with Gasteiger partial charge in [-0.3, -0.25) is 14.6 Å². The monoisotopic (exact) mass is 580 g/mol. The van der Waals surface area contributed by atoms with Gasteiger partial charge in [0.2, 0.25) is 0 Å². The van der Waals surface area contributed by atoms with Crippen molar-refractivity contribution in [1.29, 1.82) is 0 Å². The number of pyridine rings is 1. The van der Waals surface area contributed by atoms with Crippen molar-refractivity contribution in [3.8, 4) is 0 Å². The second-order valence-electron chi connectivity index (χ2n) is 10.6. The van der Waals surface area contributed by atoms with Gasteiger partial charge in [0.05, 0.1) is 5.56 Å². The van der Waals surface area contributed by atoms with Gasteiger partial charge in [0.15, 0.2) is 5.76 Å². The first-order chi connectivity index (χ1) is 20.1. The second-order valence-corrected chi connectivity index (χ2v) is 10.6. The molecule has 42 heavy (non-hydrogen) atoms.